The molecule has 4 N–H and O–H groups in total. The van der Waals surface area contributed by atoms with Crippen LogP contribution < -0.4 is 0 Å². The van der Waals surface area contributed by atoms with Crippen LogP contribution in [0.15, 0.2) is 78.4 Å². The number of allylic oxidation sites excluding steroid dienone is 4. The van der Waals surface area contributed by atoms with Crippen LogP contribution in [0.3, 0.4) is 0 Å². The van der Waals surface area contributed by atoms with Crippen LogP contribution >= 0.6 is 0 Å². The lowest BCUT2D eigenvalue weighted by molar-refractivity contribution is -0.179. The van der Waals surface area contributed by atoms with Crippen LogP contribution in [0.25, 0.3) is 11.1 Å². The number of aliphatic hydroxyl groups excluding tert-OH is 3. The molecule has 7 saturated carbocycles. The van der Waals surface area contributed by atoms with Crippen molar-refractivity contribution < 1.29 is 25.2 Å². The molecule has 55 heavy (non-hydrogen) atoms. The average molecular weight is 746 g/mol. The molecule has 6 nitrogen and oxygen atoms in total. The molecule has 6 bridgehead atoms. The molecule has 0 amide bonds. The summed E-state index contributed by atoms with van der Waals surface area (Å²) in [5.41, 5.74) is 1.64. The SMILES string of the molecule is CC12CCC(O)CC13C=CC1(C(C(=O)c4ccc(-c5ccccc5)cc4)=C3)C2CCC2(C)C1CCC2(O)CN(CC(O)CO)CC12CC3CC(CC(C3)C1)C2. The maximum absolute atomic E-state index is 15.2. The molecule has 0 saturated heterocycles. The van der Waals surface area contributed by atoms with Gasteiger partial charge >= 0.3 is 0 Å². The first-order chi connectivity index (χ1) is 26.3. The van der Waals surface area contributed by atoms with Crippen LogP contribution in [0.2, 0.25) is 0 Å². The van der Waals surface area contributed by atoms with E-state index < -0.39 is 22.5 Å². The van der Waals surface area contributed by atoms with Gasteiger partial charge in [0.2, 0.25) is 0 Å². The van der Waals surface area contributed by atoms with E-state index in [0.717, 1.165) is 73.1 Å². The molecular weight excluding hydrogens is 683 g/mol. The smallest absolute Gasteiger partial charge is 0.189 e. The Kier molecular flexibility index (Phi) is 8.47. The van der Waals surface area contributed by atoms with Crippen molar-refractivity contribution in [2.24, 2.45) is 56.7 Å². The van der Waals surface area contributed by atoms with Gasteiger partial charge in [-0.15, -0.1) is 0 Å². The van der Waals surface area contributed by atoms with Crippen LogP contribution in [0, 0.1) is 56.7 Å². The van der Waals surface area contributed by atoms with Crippen LogP contribution in [-0.2, 0) is 0 Å². The standard InChI is InChI=1S/C49H63NO5/c1-44-15-12-38(52)26-47(44)18-19-49(40(27-47)43(54)37-10-8-36(9-11-37)35-6-4-3-5-7-35)41(44)13-16-45(2)42(49)14-17-48(45,55)31-50(28-39(53)29-51)30-46-23-32-20-33(24-46)22-34(21-32)25-46/h3-11,18-19,27,32-34,38-39,41-42,51-53,55H,12-17,20-26,28-31H2,1-2H3. The third kappa shape index (κ3) is 5.33. The van der Waals surface area contributed by atoms with E-state index in [4.69, 9.17) is 0 Å². The summed E-state index contributed by atoms with van der Waals surface area (Å²) in [5, 5.41) is 45.4. The minimum absolute atomic E-state index is 0.0740. The van der Waals surface area contributed by atoms with Gasteiger partial charge in [-0.3, -0.25) is 9.69 Å². The van der Waals surface area contributed by atoms with E-state index in [1.807, 2.05) is 30.3 Å². The number of nitrogens with zero attached hydrogens (tertiary/aromatic N) is 1. The summed E-state index contributed by atoms with van der Waals surface area (Å²) in [4.78, 5) is 17.6. The Morgan fingerprint density at radius 1 is 0.782 bits per heavy atom. The van der Waals surface area contributed by atoms with Crippen molar-refractivity contribution in [2.45, 2.75) is 115 Å². The quantitative estimate of drug-likeness (QED) is 0.145. The Morgan fingerprint density at radius 2 is 1.40 bits per heavy atom. The lowest BCUT2D eigenvalue weighted by Crippen LogP contribution is -2.67. The van der Waals surface area contributed by atoms with Crippen molar-refractivity contribution in [1.82, 2.24) is 4.90 Å². The Hall–Kier alpha value is -2.61. The zero-order valence-corrected chi connectivity index (χ0v) is 33.1. The van der Waals surface area contributed by atoms with Crippen molar-refractivity contribution in [3.05, 3.63) is 84.0 Å². The zero-order valence-electron chi connectivity index (χ0n) is 33.1. The maximum Gasteiger partial charge on any atom is 0.189 e. The fourth-order valence-corrected chi connectivity index (χ4v) is 16.1. The topological polar surface area (TPSA) is 101 Å². The minimum atomic E-state index is -0.996. The Labute approximate surface area is 328 Å². The first-order valence-corrected chi connectivity index (χ1v) is 21.9. The number of fused-ring (bicyclic) bond motifs is 1. The molecular formula is C49H63NO5. The van der Waals surface area contributed by atoms with Crippen molar-refractivity contribution >= 4 is 5.78 Å². The molecule has 294 valence electrons. The number of benzene rings is 2. The maximum atomic E-state index is 15.2. The van der Waals surface area contributed by atoms with E-state index in [-0.39, 0.29) is 46.6 Å². The molecule has 2 aromatic rings. The number of Topliss-reactive ketones (excluding diaryl/α,β-unsaturated/α-hetero) is 1. The number of aliphatic hydroxyl groups is 4. The van der Waals surface area contributed by atoms with Gasteiger partial charge in [-0.05, 0) is 135 Å². The van der Waals surface area contributed by atoms with Gasteiger partial charge in [0.05, 0.1) is 24.4 Å². The van der Waals surface area contributed by atoms with E-state index in [2.05, 4.69) is 61.2 Å². The van der Waals surface area contributed by atoms with Crippen LogP contribution in [0.1, 0.15) is 108 Å². The molecule has 9 atom stereocenters. The predicted molar refractivity (Wildman–Crippen MR) is 215 cm³/mol. The Balaban J connectivity index is 1.01. The molecule has 6 heteroatoms. The summed E-state index contributed by atoms with van der Waals surface area (Å²) in [7, 11) is 0. The van der Waals surface area contributed by atoms with Crippen molar-refractivity contribution in [3.8, 4) is 11.1 Å². The van der Waals surface area contributed by atoms with Crippen molar-refractivity contribution in [2.75, 3.05) is 26.2 Å². The van der Waals surface area contributed by atoms with Gasteiger partial charge < -0.3 is 20.4 Å². The number of ketones is 1. The Morgan fingerprint density at radius 3 is 2.07 bits per heavy atom. The minimum Gasteiger partial charge on any atom is -0.394 e. The lowest BCUT2D eigenvalue weighted by atomic mass is 9.32. The second-order valence-electron chi connectivity index (χ2n) is 21.0. The highest BCUT2D eigenvalue weighted by Crippen LogP contribution is 2.78. The molecule has 10 aliphatic rings. The molecule has 9 unspecified atom stereocenters. The predicted octanol–water partition coefficient (Wildman–Crippen LogP) is 8.00. The van der Waals surface area contributed by atoms with E-state index in [0.29, 0.717) is 31.5 Å². The summed E-state index contributed by atoms with van der Waals surface area (Å²) in [5.74, 6) is 2.85. The molecule has 0 aliphatic heterocycles. The van der Waals surface area contributed by atoms with Gasteiger partial charge in [-0.25, -0.2) is 0 Å². The number of carbonyl (C=O) groups is 1. The third-order valence-corrected chi connectivity index (χ3v) is 18.1. The molecule has 0 aromatic heterocycles. The van der Waals surface area contributed by atoms with Gasteiger partial charge in [-0.1, -0.05) is 86.7 Å². The normalized spacial score (nSPS) is 45.3. The van der Waals surface area contributed by atoms with Gasteiger partial charge in [0.1, 0.15) is 0 Å². The van der Waals surface area contributed by atoms with Crippen molar-refractivity contribution in [3.63, 3.8) is 0 Å². The van der Waals surface area contributed by atoms with Gasteiger partial charge in [-0.2, -0.15) is 0 Å². The number of hydrogen-bond acceptors (Lipinski definition) is 6. The monoisotopic (exact) mass is 745 g/mol. The average Bonchev–Trinajstić information content (AvgIpc) is 3.43. The van der Waals surface area contributed by atoms with Crippen LogP contribution in [0.4, 0.5) is 0 Å². The van der Waals surface area contributed by atoms with Gasteiger partial charge in [0, 0.05) is 47.0 Å². The molecule has 0 heterocycles. The summed E-state index contributed by atoms with van der Waals surface area (Å²) in [6.07, 6.45) is 19.5. The summed E-state index contributed by atoms with van der Waals surface area (Å²) < 4.78 is 0. The van der Waals surface area contributed by atoms with Gasteiger partial charge in [0.25, 0.3) is 0 Å². The molecule has 7 fully saturated rings. The second kappa shape index (κ2) is 12.7. The van der Waals surface area contributed by atoms with E-state index in [1.165, 1.54) is 38.5 Å². The van der Waals surface area contributed by atoms with E-state index >= 15 is 4.79 Å². The Bertz CT molecular complexity index is 1850. The number of rotatable bonds is 10. The first kappa shape index (κ1) is 36.7. The molecule has 0 radical (unpaired) electrons. The van der Waals surface area contributed by atoms with Crippen molar-refractivity contribution in [1.29, 1.82) is 0 Å². The second-order valence-corrected chi connectivity index (χ2v) is 21.0. The van der Waals surface area contributed by atoms with Crippen LogP contribution in [0.5, 0.6) is 0 Å². The summed E-state index contributed by atoms with van der Waals surface area (Å²) >= 11 is 0. The van der Waals surface area contributed by atoms with Gasteiger partial charge in [0.15, 0.2) is 5.78 Å². The third-order valence-electron chi connectivity index (χ3n) is 18.1. The lowest BCUT2D eigenvalue weighted by Gasteiger charge is -2.71. The molecule has 2 spiro atoms. The highest BCUT2D eigenvalue weighted by molar-refractivity contribution is 6.10. The van der Waals surface area contributed by atoms with Crippen LogP contribution in [-0.4, -0.2) is 75.2 Å². The zero-order chi connectivity index (χ0) is 38.0. The molecule has 2 aromatic carbocycles. The summed E-state index contributed by atoms with van der Waals surface area (Å²) in [6.45, 7) is 6.25. The fourth-order valence-electron chi connectivity index (χ4n) is 16.1. The molecule has 10 aliphatic carbocycles. The first-order valence-electron chi connectivity index (χ1n) is 21.9. The summed E-state index contributed by atoms with van der Waals surface area (Å²) in [6, 6.07) is 18.4. The highest BCUT2D eigenvalue weighted by Gasteiger charge is 2.74. The number of carbonyl (C=O) groups excluding carboxylic acids is 1. The highest BCUT2D eigenvalue weighted by atomic mass is 16.3. The van der Waals surface area contributed by atoms with E-state index in [1.54, 1.807) is 0 Å². The number of hydrogen-bond donors (Lipinski definition) is 4. The largest absolute Gasteiger partial charge is 0.394 e. The fraction of sp³-hybridized carbons (Fsp3) is 0.653. The van der Waals surface area contributed by atoms with E-state index in [9.17, 15) is 20.4 Å². The molecule has 12 rings (SSSR count).